The van der Waals surface area contributed by atoms with Crippen LogP contribution >= 0.6 is 0 Å². The minimum atomic E-state index is -5.48. The number of hydrogen-bond acceptors (Lipinski definition) is 3. The minimum Gasteiger partial charge on any atom is -0.351 e. The number of benzene rings is 1. The summed E-state index contributed by atoms with van der Waals surface area (Å²) in [4.78, 5) is 11.1. The molecule has 0 bridgehead atoms. The van der Waals surface area contributed by atoms with E-state index in [2.05, 4.69) is 0 Å². The van der Waals surface area contributed by atoms with Gasteiger partial charge in [-0.15, -0.1) is 0 Å². The highest BCUT2D eigenvalue weighted by atomic mass is 32.2. The number of hydrogen-bond donors (Lipinski definition) is 1. The highest BCUT2D eigenvalue weighted by Crippen LogP contribution is 2.23. The van der Waals surface area contributed by atoms with Crippen molar-refractivity contribution in [3.8, 4) is 0 Å². The summed E-state index contributed by atoms with van der Waals surface area (Å²) >= 11 is 0. The van der Waals surface area contributed by atoms with Gasteiger partial charge >= 0.3 is 5.51 Å². The van der Waals surface area contributed by atoms with E-state index in [-0.39, 0.29) is 6.54 Å². The van der Waals surface area contributed by atoms with Crippen LogP contribution in [0.3, 0.4) is 0 Å². The molecular weight excluding hydrogens is 290 g/mol. The Bertz CT molecular complexity index is 551. The van der Waals surface area contributed by atoms with E-state index in [1.807, 2.05) is 5.32 Å². The summed E-state index contributed by atoms with van der Waals surface area (Å²) in [6, 6.07) is 4.84. The molecule has 0 aliphatic carbocycles. The van der Waals surface area contributed by atoms with Gasteiger partial charge in [0.1, 0.15) is 11.6 Å². The first-order valence-electron chi connectivity index (χ1n) is 4.92. The first-order chi connectivity index (χ1) is 8.62. The summed E-state index contributed by atoms with van der Waals surface area (Å²) in [6.07, 6.45) is 0. The number of sulfone groups is 1. The van der Waals surface area contributed by atoms with Crippen LogP contribution in [0, 0.1) is 5.82 Å². The average Bonchev–Trinajstić information content (AvgIpc) is 2.26. The molecular formula is C10H9F4NO3S. The number of nitrogens with one attached hydrogen (secondary N) is 1. The third-order valence-corrected chi connectivity index (χ3v) is 3.42. The van der Waals surface area contributed by atoms with Gasteiger partial charge in [0, 0.05) is 6.54 Å². The highest BCUT2D eigenvalue weighted by Gasteiger charge is 2.46. The van der Waals surface area contributed by atoms with Crippen LogP contribution in [-0.4, -0.2) is 25.6 Å². The maximum absolute atomic E-state index is 12.5. The minimum absolute atomic E-state index is 0.188. The second kappa shape index (κ2) is 5.55. The molecule has 0 spiro atoms. The Morgan fingerprint density at radius 1 is 1.16 bits per heavy atom. The van der Waals surface area contributed by atoms with E-state index in [1.54, 1.807) is 0 Å². The van der Waals surface area contributed by atoms with Gasteiger partial charge < -0.3 is 5.32 Å². The second-order valence-electron chi connectivity index (χ2n) is 3.61. The number of amides is 1. The normalized spacial score (nSPS) is 12.2. The van der Waals surface area contributed by atoms with Crippen LogP contribution in [-0.2, 0) is 21.2 Å². The van der Waals surface area contributed by atoms with E-state index in [9.17, 15) is 30.8 Å². The molecule has 0 radical (unpaired) electrons. The van der Waals surface area contributed by atoms with Crippen LogP contribution in [0.5, 0.6) is 0 Å². The smallest absolute Gasteiger partial charge is 0.351 e. The molecule has 0 saturated carbocycles. The first-order valence-corrected chi connectivity index (χ1v) is 6.57. The van der Waals surface area contributed by atoms with Gasteiger partial charge in [-0.3, -0.25) is 4.79 Å². The third-order valence-electron chi connectivity index (χ3n) is 2.08. The zero-order chi connectivity index (χ0) is 14.7. The molecule has 0 unspecified atom stereocenters. The van der Waals surface area contributed by atoms with Gasteiger partial charge in [0.15, 0.2) is 0 Å². The van der Waals surface area contributed by atoms with Crippen LogP contribution < -0.4 is 5.32 Å². The monoisotopic (exact) mass is 299 g/mol. The van der Waals surface area contributed by atoms with Gasteiger partial charge in [0.25, 0.3) is 9.84 Å². The standard InChI is InChI=1S/C10H9F4NO3S/c11-8-3-1-7(2-4-8)5-15-9(16)6-19(17,18)10(12,13)14/h1-4H,5-6H2,(H,15,16). The van der Waals surface area contributed by atoms with Crippen molar-refractivity contribution < 1.29 is 30.8 Å². The first kappa shape index (κ1) is 15.4. The molecule has 9 heteroatoms. The zero-order valence-corrected chi connectivity index (χ0v) is 10.2. The van der Waals surface area contributed by atoms with Crippen molar-refractivity contribution in [3.63, 3.8) is 0 Å². The zero-order valence-electron chi connectivity index (χ0n) is 9.37. The van der Waals surface area contributed by atoms with Gasteiger partial charge in [0.2, 0.25) is 5.91 Å². The van der Waals surface area contributed by atoms with Gasteiger partial charge in [-0.25, -0.2) is 12.8 Å². The molecule has 0 fully saturated rings. The predicted octanol–water partition coefficient (Wildman–Crippen LogP) is 1.38. The summed E-state index contributed by atoms with van der Waals surface area (Å²) in [5, 5.41) is 2.01. The van der Waals surface area contributed by atoms with Crippen LogP contribution in [0.1, 0.15) is 5.56 Å². The van der Waals surface area contributed by atoms with Crippen molar-refractivity contribution in [1.82, 2.24) is 5.32 Å². The fourth-order valence-corrected chi connectivity index (χ4v) is 1.72. The molecule has 0 aromatic heterocycles. The van der Waals surface area contributed by atoms with Crippen LogP contribution in [0.25, 0.3) is 0 Å². The number of halogens is 4. The van der Waals surface area contributed by atoms with E-state index in [0.29, 0.717) is 5.56 Å². The number of carbonyl (C=O) groups excluding carboxylic acids is 1. The topological polar surface area (TPSA) is 63.2 Å². The number of carbonyl (C=O) groups is 1. The highest BCUT2D eigenvalue weighted by molar-refractivity contribution is 7.92. The molecule has 1 amide bonds. The average molecular weight is 299 g/mol. The number of alkyl halides is 3. The quantitative estimate of drug-likeness (QED) is 0.854. The lowest BCUT2D eigenvalue weighted by Gasteiger charge is -2.08. The summed E-state index contributed by atoms with van der Waals surface area (Å²) in [6.45, 7) is -0.188. The molecule has 0 saturated heterocycles. The Morgan fingerprint density at radius 2 is 1.68 bits per heavy atom. The largest absolute Gasteiger partial charge is 0.497 e. The molecule has 106 valence electrons. The second-order valence-corrected chi connectivity index (χ2v) is 5.59. The van der Waals surface area contributed by atoms with E-state index in [1.165, 1.54) is 12.1 Å². The Labute approximate surface area is 106 Å². The van der Waals surface area contributed by atoms with E-state index in [0.717, 1.165) is 12.1 Å². The Morgan fingerprint density at radius 3 is 2.16 bits per heavy atom. The van der Waals surface area contributed by atoms with Crippen molar-refractivity contribution in [2.24, 2.45) is 0 Å². The molecule has 19 heavy (non-hydrogen) atoms. The maximum atomic E-state index is 12.5. The van der Waals surface area contributed by atoms with Crippen molar-refractivity contribution in [2.45, 2.75) is 12.1 Å². The van der Waals surface area contributed by atoms with Crippen LogP contribution in [0.4, 0.5) is 17.6 Å². The fraction of sp³-hybridized carbons (Fsp3) is 0.300. The van der Waals surface area contributed by atoms with E-state index < -0.39 is 32.8 Å². The van der Waals surface area contributed by atoms with Gasteiger partial charge in [-0.2, -0.15) is 13.2 Å². The molecule has 0 atom stereocenters. The summed E-state index contributed by atoms with van der Waals surface area (Å²) in [5.41, 5.74) is -5.03. The predicted molar refractivity (Wildman–Crippen MR) is 58.1 cm³/mol. The summed E-state index contributed by atoms with van der Waals surface area (Å²) in [7, 11) is -5.48. The van der Waals surface area contributed by atoms with Crippen LogP contribution in [0.2, 0.25) is 0 Å². The fourth-order valence-electron chi connectivity index (χ4n) is 1.11. The molecule has 1 aromatic rings. The summed E-state index contributed by atoms with van der Waals surface area (Å²) in [5.74, 6) is -3.45. The Kier molecular flexibility index (Phi) is 4.51. The molecule has 1 N–H and O–H groups in total. The van der Waals surface area contributed by atoms with Gasteiger partial charge in [-0.05, 0) is 17.7 Å². The summed E-state index contributed by atoms with van der Waals surface area (Å²) < 4.78 is 69.9. The maximum Gasteiger partial charge on any atom is 0.497 e. The molecule has 0 heterocycles. The SMILES string of the molecule is O=C(CS(=O)(=O)C(F)(F)F)NCc1ccc(F)cc1. The molecule has 0 aliphatic heterocycles. The Hall–Kier alpha value is -1.64. The van der Waals surface area contributed by atoms with Crippen molar-refractivity contribution in [2.75, 3.05) is 5.75 Å². The molecule has 4 nitrogen and oxygen atoms in total. The van der Waals surface area contributed by atoms with Crippen molar-refractivity contribution in [3.05, 3.63) is 35.6 Å². The van der Waals surface area contributed by atoms with E-state index >= 15 is 0 Å². The van der Waals surface area contributed by atoms with Crippen molar-refractivity contribution in [1.29, 1.82) is 0 Å². The van der Waals surface area contributed by atoms with Crippen LogP contribution in [0.15, 0.2) is 24.3 Å². The van der Waals surface area contributed by atoms with Gasteiger partial charge in [0.05, 0.1) is 0 Å². The van der Waals surface area contributed by atoms with Crippen molar-refractivity contribution >= 4 is 15.7 Å². The van der Waals surface area contributed by atoms with E-state index in [4.69, 9.17) is 0 Å². The molecule has 0 aliphatic rings. The lowest BCUT2D eigenvalue weighted by atomic mass is 10.2. The lowest BCUT2D eigenvalue weighted by molar-refractivity contribution is -0.119. The number of rotatable bonds is 4. The van der Waals surface area contributed by atoms with Gasteiger partial charge in [-0.1, -0.05) is 12.1 Å². The Balaban J connectivity index is 2.56. The lowest BCUT2D eigenvalue weighted by Crippen LogP contribution is -2.36. The third kappa shape index (κ3) is 4.51. The molecule has 1 rings (SSSR count). The molecule has 1 aromatic carbocycles.